The number of aromatic amines is 1. The number of H-pyrrole nitrogens is 1. The highest BCUT2D eigenvalue weighted by Gasteiger charge is 2.23. The predicted octanol–water partition coefficient (Wildman–Crippen LogP) is 0.973. The molecule has 2 N–H and O–H groups in total. The van der Waals surface area contributed by atoms with Crippen LogP contribution in [0, 0.1) is 0 Å². The van der Waals surface area contributed by atoms with Crippen LogP contribution in [-0.2, 0) is 19.0 Å². The molecule has 2 aromatic rings. The molecule has 9 heteroatoms. The number of nitrogens with zero attached hydrogens (tertiary/aromatic N) is 2. The molecule has 0 aliphatic carbocycles. The Morgan fingerprint density at radius 2 is 2.42 bits per heavy atom. The number of anilines is 1. The van der Waals surface area contributed by atoms with Crippen molar-refractivity contribution in [2.24, 2.45) is 0 Å². The topological polar surface area (TPSA) is 107 Å². The van der Waals surface area contributed by atoms with Crippen LogP contribution < -0.4 is 5.32 Å². The van der Waals surface area contributed by atoms with Crippen molar-refractivity contribution in [3.05, 3.63) is 18.0 Å². The molecule has 1 fully saturated rings. The Bertz CT molecular complexity index is 717. The maximum Gasteiger partial charge on any atom is 0.345 e. The van der Waals surface area contributed by atoms with E-state index in [4.69, 9.17) is 14.2 Å². The molecular formula is C15H20N4O5. The van der Waals surface area contributed by atoms with E-state index in [1.54, 1.807) is 19.3 Å². The van der Waals surface area contributed by atoms with E-state index in [2.05, 4.69) is 15.4 Å². The monoisotopic (exact) mass is 336 g/mol. The minimum absolute atomic E-state index is 0.0571. The molecule has 1 aliphatic rings. The Hall–Kier alpha value is -2.39. The number of carbonyl (C=O) groups is 2. The van der Waals surface area contributed by atoms with Crippen molar-refractivity contribution in [1.82, 2.24) is 14.6 Å². The normalized spacial score (nSPS) is 17.3. The van der Waals surface area contributed by atoms with E-state index in [1.807, 2.05) is 0 Å². The molecular weight excluding hydrogens is 316 g/mol. The molecule has 0 radical (unpaired) electrons. The first kappa shape index (κ1) is 16.5. The second kappa shape index (κ2) is 7.45. The van der Waals surface area contributed by atoms with Gasteiger partial charge in [-0.1, -0.05) is 0 Å². The van der Waals surface area contributed by atoms with Gasteiger partial charge in [0.2, 0.25) is 0 Å². The van der Waals surface area contributed by atoms with Gasteiger partial charge in [-0.2, -0.15) is 0 Å². The first-order valence-electron chi connectivity index (χ1n) is 7.90. The third-order valence-corrected chi connectivity index (χ3v) is 3.65. The van der Waals surface area contributed by atoms with E-state index in [9.17, 15) is 9.59 Å². The van der Waals surface area contributed by atoms with E-state index in [1.165, 1.54) is 4.52 Å². The largest absolute Gasteiger partial charge is 0.462 e. The Morgan fingerprint density at radius 3 is 3.17 bits per heavy atom. The fourth-order valence-electron chi connectivity index (χ4n) is 2.59. The van der Waals surface area contributed by atoms with Crippen LogP contribution >= 0.6 is 0 Å². The molecule has 0 aromatic carbocycles. The molecule has 3 heterocycles. The van der Waals surface area contributed by atoms with Crippen molar-refractivity contribution in [2.75, 3.05) is 31.7 Å². The van der Waals surface area contributed by atoms with Crippen molar-refractivity contribution >= 4 is 23.3 Å². The average molecular weight is 336 g/mol. The number of hydrogen-bond donors (Lipinski definition) is 2. The number of imidazole rings is 1. The van der Waals surface area contributed by atoms with Gasteiger partial charge in [-0.05, 0) is 19.8 Å². The zero-order valence-corrected chi connectivity index (χ0v) is 13.4. The van der Waals surface area contributed by atoms with Crippen molar-refractivity contribution in [3.63, 3.8) is 0 Å². The van der Waals surface area contributed by atoms with Gasteiger partial charge in [0.05, 0.1) is 19.3 Å². The lowest BCUT2D eigenvalue weighted by Crippen LogP contribution is -2.23. The van der Waals surface area contributed by atoms with Gasteiger partial charge in [0.25, 0.3) is 5.91 Å². The molecule has 24 heavy (non-hydrogen) atoms. The maximum atomic E-state index is 12.1. The first-order valence-corrected chi connectivity index (χ1v) is 7.90. The van der Waals surface area contributed by atoms with Crippen LogP contribution in [0.2, 0.25) is 0 Å². The second-order valence-electron chi connectivity index (χ2n) is 5.40. The third-order valence-electron chi connectivity index (χ3n) is 3.65. The highest BCUT2D eigenvalue weighted by atomic mass is 16.5. The fourth-order valence-corrected chi connectivity index (χ4v) is 2.59. The summed E-state index contributed by atoms with van der Waals surface area (Å²) in [5.74, 6) is -0.684. The van der Waals surface area contributed by atoms with Crippen molar-refractivity contribution in [3.8, 4) is 0 Å². The smallest absolute Gasteiger partial charge is 0.345 e. The quantitative estimate of drug-likeness (QED) is 0.730. The Balaban J connectivity index is 1.63. The standard InChI is InChI=1S/C15H20N4O5/c1-2-23-15(21)12-13(18-19-6-5-16-14(12)19)17-11(20)9-22-8-10-4-3-7-24-10/h5-6,10,18H,2-4,7-9H2,1H3,(H,17,20). The highest BCUT2D eigenvalue weighted by molar-refractivity contribution is 6.05. The van der Waals surface area contributed by atoms with Gasteiger partial charge in [-0.25, -0.2) is 14.3 Å². The SMILES string of the molecule is CCOC(=O)c1c(NC(=O)COCC2CCCO2)[nH]n2ccnc12. The van der Waals surface area contributed by atoms with Crippen LogP contribution in [0.15, 0.2) is 12.4 Å². The van der Waals surface area contributed by atoms with E-state index < -0.39 is 5.97 Å². The van der Waals surface area contributed by atoms with Crippen molar-refractivity contribution < 1.29 is 23.8 Å². The first-order chi connectivity index (χ1) is 11.7. The van der Waals surface area contributed by atoms with Crippen LogP contribution in [0.4, 0.5) is 5.82 Å². The van der Waals surface area contributed by atoms with Crippen LogP contribution in [0.5, 0.6) is 0 Å². The zero-order chi connectivity index (χ0) is 16.9. The highest BCUT2D eigenvalue weighted by Crippen LogP contribution is 2.20. The van der Waals surface area contributed by atoms with Gasteiger partial charge < -0.3 is 19.5 Å². The predicted molar refractivity (Wildman–Crippen MR) is 83.9 cm³/mol. The van der Waals surface area contributed by atoms with Gasteiger partial charge in [0, 0.05) is 19.0 Å². The van der Waals surface area contributed by atoms with Crippen molar-refractivity contribution in [1.29, 1.82) is 0 Å². The minimum Gasteiger partial charge on any atom is -0.462 e. The third kappa shape index (κ3) is 3.57. The maximum absolute atomic E-state index is 12.1. The van der Waals surface area contributed by atoms with Crippen LogP contribution in [0.25, 0.3) is 5.65 Å². The number of amides is 1. The zero-order valence-electron chi connectivity index (χ0n) is 13.4. The van der Waals surface area contributed by atoms with Gasteiger partial charge in [-0.15, -0.1) is 0 Å². The molecule has 3 rings (SSSR count). The van der Waals surface area contributed by atoms with Crippen molar-refractivity contribution in [2.45, 2.75) is 25.9 Å². The summed E-state index contributed by atoms with van der Waals surface area (Å²) in [7, 11) is 0. The number of esters is 1. The van der Waals surface area contributed by atoms with E-state index in [0.29, 0.717) is 12.3 Å². The number of carbonyl (C=O) groups excluding carboxylic acids is 2. The lowest BCUT2D eigenvalue weighted by atomic mass is 10.2. The van der Waals surface area contributed by atoms with E-state index in [0.717, 1.165) is 19.4 Å². The molecule has 1 atom stereocenters. The van der Waals surface area contributed by atoms with E-state index >= 15 is 0 Å². The number of aromatic nitrogens is 3. The number of hydrogen-bond acceptors (Lipinski definition) is 6. The summed E-state index contributed by atoms with van der Waals surface area (Å²) in [5.41, 5.74) is 0.582. The molecule has 1 amide bonds. The Labute approximate surface area is 138 Å². The molecule has 1 saturated heterocycles. The summed E-state index contributed by atoms with van der Waals surface area (Å²) in [6.45, 7) is 2.94. The second-order valence-corrected chi connectivity index (χ2v) is 5.40. The summed E-state index contributed by atoms with van der Waals surface area (Å²) in [6.07, 6.45) is 5.21. The van der Waals surface area contributed by atoms with Gasteiger partial charge in [0.15, 0.2) is 5.65 Å². The fraction of sp³-hybridized carbons (Fsp3) is 0.533. The molecule has 2 aromatic heterocycles. The Kier molecular flexibility index (Phi) is 5.11. The lowest BCUT2D eigenvalue weighted by molar-refractivity contribution is -0.121. The van der Waals surface area contributed by atoms with Gasteiger partial charge >= 0.3 is 5.97 Å². The Morgan fingerprint density at radius 1 is 1.54 bits per heavy atom. The molecule has 130 valence electrons. The van der Waals surface area contributed by atoms with Crippen LogP contribution in [0.3, 0.4) is 0 Å². The van der Waals surface area contributed by atoms with E-state index in [-0.39, 0.29) is 36.6 Å². The molecule has 1 unspecified atom stereocenters. The lowest BCUT2D eigenvalue weighted by Gasteiger charge is -2.10. The number of fused-ring (bicyclic) bond motifs is 1. The van der Waals surface area contributed by atoms with Crippen LogP contribution in [0.1, 0.15) is 30.1 Å². The summed E-state index contributed by atoms with van der Waals surface area (Å²) in [6, 6.07) is 0. The molecule has 0 saturated carbocycles. The van der Waals surface area contributed by atoms with Gasteiger partial charge in [0.1, 0.15) is 18.0 Å². The van der Waals surface area contributed by atoms with Crippen LogP contribution in [-0.4, -0.2) is 59.0 Å². The number of ether oxygens (including phenoxy) is 3. The summed E-state index contributed by atoms with van der Waals surface area (Å²) >= 11 is 0. The molecule has 1 aliphatic heterocycles. The average Bonchev–Trinajstić information content (AvgIpc) is 3.24. The molecule has 0 spiro atoms. The molecule has 0 bridgehead atoms. The summed E-state index contributed by atoms with van der Waals surface area (Å²) in [5, 5.41) is 5.52. The number of nitrogens with one attached hydrogen (secondary N) is 2. The molecule has 9 nitrogen and oxygen atoms in total. The minimum atomic E-state index is -0.550. The summed E-state index contributed by atoms with van der Waals surface area (Å²) < 4.78 is 17.3. The number of rotatable bonds is 7. The summed E-state index contributed by atoms with van der Waals surface area (Å²) in [4.78, 5) is 28.2. The van der Waals surface area contributed by atoms with Gasteiger partial charge in [-0.3, -0.25) is 9.89 Å².